The number of anilines is 1. The van der Waals surface area contributed by atoms with Gasteiger partial charge in [-0.15, -0.1) is 6.58 Å². The van der Waals surface area contributed by atoms with Crippen LogP contribution >= 0.6 is 0 Å². The molecule has 92 valence electrons. The van der Waals surface area contributed by atoms with Crippen LogP contribution in [0.3, 0.4) is 0 Å². The summed E-state index contributed by atoms with van der Waals surface area (Å²) < 4.78 is 12.0. The summed E-state index contributed by atoms with van der Waals surface area (Å²) in [5.74, 6) is 0.0181. The van der Waals surface area contributed by atoms with Gasteiger partial charge in [0.2, 0.25) is 5.91 Å². The lowest BCUT2D eigenvalue weighted by atomic mass is 10.2. The van der Waals surface area contributed by atoms with Gasteiger partial charge in [0.15, 0.2) is 0 Å². The molecule has 1 aromatic carbocycles. The summed E-state index contributed by atoms with van der Waals surface area (Å²) in [5, 5.41) is 0. The highest BCUT2D eigenvalue weighted by atomic mass is 19.1. The molecule has 0 heterocycles. The molecular weight excluding hydrogens is 217 g/mol. The fourth-order valence-corrected chi connectivity index (χ4v) is 1.59. The lowest BCUT2D eigenvalue weighted by Crippen LogP contribution is -2.30. The number of benzene rings is 1. The smallest absolute Gasteiger partial charge is 0.227 e. The standard InChI is InChI=1S/C14H18FNO/c1-2-12-16(13-8-4-3-5-9-13)14(17)10-6-7-11-15/h2-5,8-9H,1,6-7,10-12H2. The van der Waals surface area contributed by atoms with Gasteiger partial charge in [-0.1, -0.05) is 24.3 Å². The van der Waals surface area contributed by atoms with Crippen LogP contribution in [0.1, 0.15) is 19.3 Å². The molecule has 0 atom stereocenters. The average molecular weight is 235 g/mol. The van der Waals surface area contributed by atoms with Crippen LogP contribution < -0.4 is 4.90 Å². The van der Waals surface area contributed by atoms with Gasteiger partial charge in [0.25, 0.3) is 0 Å². The van der Waals surface area contributed by atoms with E-state index in [0.29, 0.717) is 25.8 Å². The Balaban J connectivity index is 2.65. The van der Waals surface area contributed by atoms with Crippen LogP contribution in [0.15, 0.2) is 43.0 Å². The van der Waals surface area contributed by atoms with Crippen molar-refractivity contribution in [3.8, 4) is 0 Å². The molecule has 0 aliphatic carbocycles. The van der Waals surface area contributed by atoms with Gasteiger partial charge in [-0.3, -0.25) is 9.18 Å². The molecule has 1 amide bonds. The van der Waals surface area contributed by atoms with Crippen LogP contribution in [0.5, 0.6) is 0 Å². The first kappa shape index (κ1) is 13.4. The molecule has 0 radical (unpaired) electrons. The molecule has 3 heteroatoms. The van der Waals surface area contributed by atoms with Crippen molar-refractivity contribution in [3.63, 3.8) is 0 Å². The van der Waals surface area contributed by atoms with Gasteiger partial charge in [-0.05, 0) is 25.0 Å². The maximum atomic E-state index is 12.0. The Labute approximate surface area is 102 Å². The van der Waals surface area contributed by atoms with E-state index in [9.17, 15) is 9.18 Å². The van der Waals surface area contributed by atoms with Crippen molar-refractivity contribution in [1.29, 1.82) is 0 Å². The van der Waals surface area contributed by atoms with Crippen LogP contribution in [-0.4, -0.2) is 19.1 Å². The van der Waals surface area contributed by atoms with Crippen LogP contribution in [0, 0.1) is 0 Å². The lowest BCUT2D eigenvalue weighted by molar-refractivity contribution is -0.118. The highest BCUT2D eigenvalue weighted by Crippen LogP contribution is 2.15. The monoisotopic (exact) mass is 235 g/mol. The molecule has 0 saturated carbocycles. The predicted molar refractivity (Wildman–Crippen MR) is 68.8 cm³/mol. The number of hydrogen-bond acceptors (Lipinski definition) is 1. The minimum Gasteiger partial charge on any atom is -0.309 e. The Kier molecular flexibility index (Phi) is 6.00. The van der Waals surface area contributed by atoms with Gasteiger partial charge < -0.3 is 4.90 Å². The summed E-state index contributed by atoms with van der Waals surface area (Å²) in [5.41, 5.74) is 0.859. The SMILES string of the molecule is C=CCN(C(=O)CCCCF)c1ccccc1. The van der Waals surface area contributed by atoms with Gasteiger partial charge >= 0.3 is 0 Å². The summed E-state index contributed by atoms with van der Waals surface area (Å²) in [4.78, 5) is 13.6. The highest BCUT2D eigenvalue weighted by Gasteiger charge is 2.13. The molecule has 0 N–H and O–H groups in total. The minimum absolute atomic E-state index is 0.0181. The molecule has 0 saturated heterocycles. The van der Waals surface area contributed by atoms with Crippen molar-refractivity contribution in [1.82, 2.24) is 0 Å². The number of amides is 1. The Morgan fingerprint density at radius 1 is 1.29 bits per heavy atom. The van der Waals surface area contributed by atoms with Gasteiger partial charge in [0, 0.05) is 18.7 Å². The van der Waals surface area contributed by atoms with Crippen LogP contribution in [-0.2, 0) is 4.79 Å². The number of para-hydroxylation sites is 1. The number of unbranched alkanes of at least 4 members (excludes halogenated alkanes) is 1. The summed E-state index contributed by atoms with van der Waals surface area (Å²) in [6.07, 6.45) is 3.12. The number of nitrogens with zero attached hydrogens (tertiary/aromatic N) is 1. The minimum atomic E-state index is -0.361. The van der Waals surface area contributed by atoms with E-state index >= 15 is 0 Å². The first-order valence-corrected chi connectivity index (χ1v) is 5.82. The van der Waals surface area contributed by atoms with Crippen LogP contribution in [0.4, 0.5) is 10.1 Å². The van der Waals surface area contributed by atoms with E-state index in [4.69, 9.17) is 0 Å². The van der Waals surface area contributed by atoms with Gasteiger partial charge in [-0.25, -0.2) is 0 Å². The maximum Gasteiger partial charge on any atom is 0.227 e. The van der Waals surface area contributed by atoms with Crippen molar-refractivity contribution in [2.75, 3.05) is 18.1 Å². The van der Waals surface area contributed by atoms with Crippen molar-refractivity contribution < 1.29 is 9.18 Å². The molecule has 1 aromatic rings. The largest absolute Gasteiger partial charge is 0.309 e. The third-order valence-corrected chi connectivity index (χ3v) is 2.45. The summed E-state index contributed by atoms with van der Waals surface area (Å²) in [6, 6.07) is 9.46. The quantitative estimate of drug-likeness (QED) is 0.524. The number of alkyl halides is 1. The number of carbonyl (C=O) groups is 1. The number of hydrogen-bond donors (Lipinski definition) is 0. The van der Waals surface area contributed by atoms with Crippen LogP contribution in [0.25, 0.3) is 0 Å². The van der Waals surface area contributed by atoms with E-state index in [1.54, 1.807) is 11.0 Å². The second kappa shape index (κ2) is 7.60. The van der Waals surface area contributed by atoms with E-state index in [1.807, 2.05) is 30.3 Å². The summed E-state index contributed by atoms with van der Waals surface area (Å²) in [7, 11) is 0. The fourth-order valence-electron chi connectivity index (χ4n) is 1.59. The molecule has 0 aromatic heterocycles. The van der Waals surface area contributed by atoms with Crippen molar-refractivity contribution in [2.45, 2.75) is 19.3 Å². The van der Waals surface area contributed by atoms with Gasteiger partial charge in [0.1, 0.15) is 0 Å². The summed E-state index contributed by atoms with van der Waals surface area (Å²) >= 11 is 0. The molecule has 1 rings (SSSR count). The normalized spacial score (nSPS) is 9.94. The Bertz CT molecular complexity index is 350. The molecule has 0 aliphatic heterocycles. The van der Waals surface area contributed by atoms with E-state index in [-0.39, 0.29) is 12.6 Å². The molecule has 17 heavy (non-hydrogen) atoms. The Morgan fingerprint density at radius 2 is 2.00 bits per heavy atom. The van der Waals surface area contributed by atoms with E-state index in [2.05, 4.69) is 6.58 Å². The zero-order chi connectivity index (χ0) is 12.5. The number of halogens is 1. The zero-order valence-corrected chi connectivity index (χ0v) is 9.94. The number of carbonyl (C=O) groups excluding carboxylic acids is 1. The molecule has 2 nitrogen and oxygen atoms in total. The fraction of sp³-hybridized carbons (Fsp3) is 0.357. The van der Waals surface area contributed by atoms with E-state index < -0.39 is 0 Å². The van der Waals surface area contributed by atoms with Crippen molar-refractivity contribution in [3.05, 3.63) is 43.0 Å². The van der Waals surface area contributed by atoms with E-state index in [0.717, 1.165) is 5.69 Å². The number of rotatable bonds is 7. The van der Waals surface area contributed by atoms with Crippen molar-refractivity contribution >= 4 is 11.6 Å². The third-order valence-electron chi connectivity index (χ3n) is 2.45. The third kappa shape index (κ3) is 4.39. The summed E-state index contributed by atoms with van der Waals surface area (Å²) in [6.45, 7) is 3.77. The Hall–Kier alpha value is -1.64. The van der Waals surface area contributed by atoms with Gasteiger partial charge in [0.05, 0.1) is 6.67 Å². The van der Waals surface area contributed by atoms with Gasteiger partial charge in [-0.2, -0.15) is 0 Å². The maximum absolute atomic E-state index is 12.0. The molecular formula is C14H18FNO. The lowest BCUT2D eigenvalue weighted by Gasteiger charge is -2.21. The Morgan fingerprint density at radius 3 is 2.59 bits per heavy atom. The van der Waals surface area contributed by atoms with E-state index in [1.165, 1.54) is 0 Å². The molecule has 0 spiro atoms. The molecule has 0 bridgehead atoms. The second-order valence-electron chi connectivity index (χ2n) is 3.77. The first-order valence-electron chi connectivity index (χ1n) is 5.82. The predicted octanol–water partition coefficient (Wildman–Crippen LogP) is 3.35. The van der Waals surface area contributed by atoms with Crippen LogP contribution in [0.2, 0.25) is 0 Å². The highest BCUT2D eigenvalue weighted by molar-refractivity contribution is 5.93. The zero-order valence-electron chi connectivity index (χ0n) is 9.94. The first-order chi connectivity index (χ1) is 8.29. The molecule has 0 fully saturated rings. The molecule has 0 unspecified atom stereocenters. The second-order valence-corrected chi connectivity index (χ2v) is 3.77. The topological polar surface area (TPSA) is 20.3 Å². The molecule has 0 aliphatic rings. The average Bonchev–Trinajstić information content (AvgIpc) is 2.37. The van der Waals surface area contributed by atoms with Crippen molar-refractivity contribution in [2.24, 2.45) is 0 Å².